The number of nitrogens with zero attached hydrogens (tertiary/aromatic N) is 1. The van der Waals surface area contributed by atoms with Crippen LogP contribution in [0.15, 0.2) is 36.7 Å². The van der Waals surface area contributed by atoms with Crippen LogP contribution in [0.1, 0.15) is 5.56 Å². The largest absolute Gasteiger partial charge is 0.416 e. The van der Waals surface area contributed by atoms with E-state index in [9.17, 15) is 13.2 Å². The molecule has 0 saturated carbocycles. The van der Waals surface area contributed by atoms with E-state index < -0.39 is 11.7 Å². The Morgan fingerprint density at radius 3 is 2.19 bits per heavy atom. The first-order chi connectivity index (χ1) is 7.45. The molecule has 0 unspecified atom stereocenters. The van der Waals surface area contributed by atoms with Gasteiger partial charge in [-0.05, 0) is 24.3 Å². The summed E-state index contributed by atoms with van der Waals surface area (Å²) in [5.41, 5.74) is 0.0572. The van der Waals surface area contributed by atoms with Crippen LogP contribution < -0.4 is 10.2 Å². The molecule has 0 aliphatic rings. The van der Waals surface area contributed by atoms with E-state index in [1.54, 1.807) is 31.4 Å². The topological polar surface area (TPSA) is 15.3 Å². The van der Waals surface area contributed by atoms with Gasteiger partial charge in [0.25, 0.3) is 0 Å². The zero-order valence-corrected chi connectivity index (χ0v) is 9.05. The Balaban J connectivity index is 2.83. The molecule has 0 aromatic heterocycles. The molecule has 5 heteroatoms. The molecule has 2 nitrogen and oxygen atoms in total. The van der Waals surface area contributed by atoms with Crippen LogP contribution in [0.25, 0.3) is 0 Å². The average Bonchev–Trinajstić information content (AvgIpc) is 2.25. The summed E-state index contributed by atoms with van der Waals surface area (Å²) >= 11 is 0. The molecular weight excluding hydrogens is 217 g/mol. The third kappa shape index (κ3) is 3.18. The quantitative estimate of drug-likeness (QED) is 0.859. The fourth-order valence-electron chi connectivity index (χ4n) is 1.16. The maximum Gasteiger partial charge on any atom is 0.416 e. The second kappa shape index (κ2) is 4.92. The minimum Gasteiger partial charge on any atom is -0.393 e. The first-order valence-electron chi connectivity index (χ1n) is 4.69. The molecule has 0 spiro atoms. The Kier molecular flexibility index (Phi) is 3.82. The molecular formula is C11H13F3N2. The Morgan fingerprint density at radius 2 is 1.75 bits per heavy atom. The highest BCUT2D eigenvalue weighted by atomic mass is 19.4. The summed E-state index contributed by atoms with van der Waals surface area (Å²) in [4.78, 5) is 1.72. The van der Waals surface area contributed by atoms with Crippen LogP contribution in [0.2, 0.25) is 0 Å². The molecule has 0 saturated heterocycles. The molecule has 1 N–H and O–H groups in total. The lowest BCUT2D eigenvalue weighted by Crippen LogP contribution is -2.10. The zero-order chi connectivity index (χ0) is 12.2. The number of hydrogen-bond acceptors (Lipinski definition) is 2. The highest BCUT2D eigenvalue weighted by Crippen LogP contribution is 2.30. The van der Waals surface area contributed by atoms with E-state index in [0.717, 1.165) is 12.1 Å². The van der Waals surface area contributed by atoms with Gasteiger partial charge in [-0.15, -0.1) is 0 Å². The van der Waals surface area contributed by atoms with E-state index in [0.29, 0.717) is 5.69 Å². The van der Waals surface area contributed by atoms with Gasteiger partial charge in [-0.1, -0.05) is 0 Å². The second-order valence-electron chi connectivity index (χ2n) is 3.26. The summed E-state index contributed by atoms with van der Waals surface area (Å²) in [6, 6.07) is 5.00. The van der Waals surface area contributed by atoms with Gasteiger partial charge in [0.05, 0.1) is 5.56 Å². The van der Waals surface area contributed by atoms with Crippen molar-refractivity contribution in [1.29, 1.82) is 0 Å². The van der Waals surface area contributed by atoms with Gasteiger partial charge in [0, 0.05) is 32.2 Å². The van der Waals surface area contributed by atoms with Crippen molar-refractivity contribution in [3.05, 3.63) is 42.2 Å². The Morgan fingerprint density at radius 1 is 1.19 bits per heavy atom. The van der Waals surface area contributed by atoms with E-state index in [2.05, 4.69) is 5.32 Å². The standard InChI is InChI=1S/C11H13F3N2/c1-15-7-8-16(2)10-5-3-9(4-6-10)11(12,13)14/h3-8,15H,1-2H3/b8-7+. The lowest BCUT2D eigenvalue weighted by atomic mass is 10.2. The predicted octanol–water partition coefficient (Wildman–Crippen LogP) is 2.83. The van der Waals surface area contributed by atoms with Crippen molar-refractivity contribution in [3.8, 4) is 0 Å². The lowest BCUT2D eigenvalue weighted by Gasteiger charge is -2.15. The second-order valence-corrected chi connectivity index (χ2v) is 3.26. The van der Waals surface area contributed by atoms with Crippen molar-refractivity contribution < 1.29 is 13.2 Å². The number of alkyl halides is 3. The Bertz CT molecular complexity index is 354. The molecule has 0 fully saturated rings. The summed E-state index contributed by atoms with van der Waals surface area (Å²) in [5.74, 6) is 0. The van der Waals surface area contributed by atoms with Crippen molar-refractivity contribution >= 4 is 5.69 Å². The lowest BCUT2D eigenvalue weighted by molar-refractivity contribution is -0.137. The summed E-state index contributed by atoms with van der Waals surface area (Å²) < 4.78 is 36.9. The van der Waals surface area contributed by atoms with Gasteiger partial charge in [0.1, 0.15) is 0 Å². The average molecular weight is 230 g/mol. The van der Waals surface area contributed by atoms with Crippen molar-refractivity contribution in [2.24, 2.45) is 0 Å². The molecule has 0 aliphatic carbocycles. The van der Waals surface area contributed by atoms with Gasteiger partial charge in [-0.2, -0.15) is 13.2 Å². The minimum absolute atomic E-state index is 0.637. The van der Waals surface area contributed by atoms with Gasteiger partial charge in [0.15, 0.2) is 0 Å². The van der Waals surface area contributed by atoms with Crippen molar-refractivity contribution in [3.63, 3.8) is 0 Å². The van der Waals surface area contributed by atoms with E-state index in [1.165, 1.54) is 12.1 Å². The summed E-state index contributed by atoms with van der Waals surface area (Å²) in [6.07, 6.45) is -0.863. The van der Waals surface area contributed by atoms with Crippen LogP contribution in [0, 0.1) is 0 Å². The van der Waals surface area contributed by atoms with Crippen LogP contribution in [-0.2, 0) is 6.18 Å². The van der Waals surface area contributed by atoms with Gasteiger partial charge >= 0.3 is 6.18 Å². The Labute approximate surface area is 92.4 Å². The number of rotatable bonds is 3. The number of benzene rings is 1. The summed E-state index contributed by atoms with van der Waals surface area (Å²) in [7, 11) is 3.51. The van der Waals surface area contributed by atoms with Crippen molar-refractivity contribution in [2.45, 2.75) is 6.18 Å². The van der Waals surface area contributed by atoms with Gasteiger partial charge in [-0.3, -0.25) is 0 Å². The molecule has 1 aromatic rings. The van der Waals surface area contributed by atoms with Crippen LogP contribution >= 0.6 is 0 Å². The normalized spacial score (nSPS) is 11.8. The van der Waals surface area contributed by atoms with E-state index in [-0.39, 0.29) is 0 Å². The molecule has 0 radical (unpaired) electrons. The minimum atomic E-state index is -4.28. The molecule has 0 heterocycles. The molecule has 0 amide bonds. The van der Waals surface area contributed by atoms with Crippen LogP contribution in [0.5, 0.6) is 0 Å². The summed E-state index contributed by atoms with van der Waals surface area (Å²) in [5, 5.41) is 2.80. The number of halogens is 3. The molecule has 0 atom stereocenters. The van der Waals surface area contributed by atoms with Crippen LogP contribution in [0.4, 0.5) is 18.9 Å². The van der Waals surface area contributed by atoms with E-state index >= 15 is 0 Å². The molecule has 1 rings (SSSR count). The van der Waals surface area contributed by atoms with Crippen LogP contribution in [-0.4, -0.2) is 14.1 Å². The first kappa shape index (κ1) is 12.4. The smallest absolute Gasteiger partial charge is 0.393 e. The number of anilines is 1. The summed E-state index contributed by atoms with van der Waals surface area (Å²) in [6.45, 7) is 0. The van der Waals surface area contributed by atoms with Crippen molar-refractivity contribution in [1.82, 2.24) is 5.32 Å². The number of nitrogens with one attached hydrogen (secondary N) is 1. The van der Waals surface area contributed by atoms with Gasteiger partial charge in [-0.25, -0.2) is 0 Å². The molecule has 0 bridgehead atoms. The van der Waals surface area contributed by atoms with Gasteiger partial charge in [0.2, 0.25) is 0 Å². The molecule has 88 valence electrons. The third-order valence-electron chi connectivity index (χ3n) is 2.07. The number of hydrogen-bond donors (Lipinski definition) is 1. The van der Waals surface area contributed by atoms with E-state index in [4.69, 9.17) is 0 Å². The maximum atomic E-state index is 12.3. The first-order valence-corrected chi connectivity index (χ1v) is 4.69. The molecule has 1 aromatic carbocycles. The fourth-order valence-corrected chi connectivity index (χ4v) is 1.16. The highest BCUT2D eigenvalue weighted by Gasteiger charge is 2.29. The Hall–Kier alpha value is -1.65. The van der Waals surface area contributed by atoms with Gasteiger partial charge < -0.3 is 10.2 Å². The highest BCUT2D eigenvalue weighted by molar-refractivity contribution is 5.49. The zero-order valence-electron chi connectivity index (χ0n) is 9.05. The SMILES string of the molecule is CN/C=C/N(C)c1ccc(C(F)(F)F)cc1. The molecule has 0 aliphatic heterocycles. The molecule has 16 heavy (non-hydrogen) atoms. The maximum absolute atomic E-state index is 12.3. The predicted molar refractivity (Wildman–Crippen MR) is 58.0 cm³/mol. The third-order valence-corrected chi connectivity index (χ3v) is 2.07. The van der Waals surface area contributed by atoms with E-state index in [1.807, 2.05) is 0 Å². The fraction of sp³-hybridized carbons (Fsp3) is 0.273. The van der Waals surface area contributed by atoms with Crippen LogP contribution in [0.3, 0.4) is 0 Å². The van der Waals surface area contributed by atoms with Crippen molar-refractivity contribution in [2.75, 3.05) is 19.0 Å². The monoisotopic (exact) mass is 230 g/mol.